The van der Waals surface area contributed by atoms with Crippen molar-refractivity contribution in [1.29, 1.82) is 0 Å². The largest absolute Gasteiger partial charge is 0.479 e. The first-order valence-corrected chi connectivity index (χ1v) is 7.76. The smallest absolute Gasteiger partial charge is 0.339 e. The molecule has 0 fully saturated rings. The molecule has 1 aromatic carbocycles. The van der Waals surface area contributed by atoms with Crippen LogP contribution in [0.2, 0.25) is 10.0 Å². The standard InChI is InChI=1S/C16H15Cl2NO5/c1-8-11(16(21)22)6-10(23-8)7-19-15(20)9(2)24-13-5-3-4-12(17)14(13)18/h3-6,9H,7H2,1-2H3,(H,19,20)(H,21,22). The van der Waals surface area contributed by atoms with Gasteiger partial charge in [0.05, 0.1) is 11.6 Å². The van der Waals surface area contributed by atoms with Crippen molar-refractivity contribution in [2.24, 2.45) is 0 Å². The van der Waals surface area contributed by atoms with Crippen molar-refractivity contribution in [2.45, 2.75) is 26.5 Å². The number of aryl methyl sites for hydroxylation is 1. The summed E-state index contributed by atoms with van der Waals surface area (Å²) in [5, 5.41) is 12.1. The summed E-state index contributed by atoms with van der Waals surface area (Å²) >= 11 is 11.9. The van der Waals surface area contributed by atoms with Crippen LogP contribution in [0.4, 0.5) is 0 Å². The van der Waals surface area contributed by atoms with E-state index in [9.17, 15) is 9.59 Å². The fourth-order valence-corrected chi connectivity index (χ4v) is 2.32. The van der Waals surface area contributed by atoms with Gasteiger partial charge >= 0.3 is 5.97 Å². The summed E-state index contributed by atoms with van der Waals surface area (Å²) < 4.78 is 10.8. The van der Waals surface area contributed by atoms with Crippen LogP contribution >= 0.6 is 23.2 Å². The van der Waals surface area contributed by atoms with E-state index in [1.807, 2.05) is 0 Å². The van der Waals surface area contributed by atoms with Crippen molar-refractivity contribution < 1.29 is 23.8 Å². The van der Waals surface area contributed by atoms with Gasteiger partial charge in [-0.1, -0.05) is 29.3 Å². The van der Waals surface area contributed by atoms with E-state index in [0.29, 0.717) is 16.5 Å². The molecule has 0 spiro atoms. The van der Waals surface area contributed by atoms with Crippen LogP contribution in [-0.4, -0.2) is 23.1 Å². The molecule has 6 nitrogen and oxygen atoms in total. The van der Waals surface area contributed by atoms with E-state index < -0.39 is 18.0 Å². The van der Waals surface area contributed by atoms with Gasteiger partial charge in [-0.25, -0.2) is 4.79 Å². The Morgan fingerprint density at radius 3 is 2.71 bits per heavy atom. The maximum Gasteiger partial charge on any atom is 0.339 e. The molecule has 1 aromatic heterocycles. The molecule has 0 saturated heterocycles. The number of hydrogen-bond acceptors (Lipinski definition) is 4. The lowest BCUT2D eigenvalue weighted by atomic mass is 10.2. The summed E-state index contributed by atoms with van der Waals surface area (Å²) in [6.45, 7) is 3.15. The van der Waals surface area contributed by atoms with Crippen molar-refractivity contribution in [3.8, 4) is 5.75 Å². The van der Waals surface area contributed by atoms with Gasteiger partial charge in [-0.15, -0.1) is 0 Å². The lowest BCUT2D eigenvalue weighted by molar-refractivity contribution is -0.127. The Morgan fingerprint density at radius 2 is 2.08 bits per heavy atom. The molecule has 1 atom stereocenters. The monoisotopic (exact) mass is 371 g/mol. The number of furan rings is 1. The maximum atomic E-state index is 12.1. The van der Waals surface area contributed by atoms with Crippen molar-refractivity contribution in [3.05, 3.63) is 51.4 Å². The molecular weight excluding hydrogens is 357 g/mol. The van der Waals surface area contributed by atoms with E-state index >= 15 is 0 Å². The Balaban J connectivity index is 1.96. The minimum atomic E-state index is -1.08. The summed E-state index contributed by atoms with van der Waals surface area (Å²) in [7, 11) is 0. The highest BCUT2D eigenvalue weighted by Gasteiger charge is 2.18. The third kappa shape index (κ3) is 4.21. The molecule has 128 valence electrons. The first-order valence-electron chi connectivity index (χ1n) is 7.00. The SMILES string of the molecule is Cc1oc(CNC(=O)C(C)Oc2cccc(Cl)c2Cl)cc1C(=O)O. The Bertz CT molecular complexity index is 772. The third-order valence-electron chi connectivity index (χ3n) is 3.23. The molecule has 0 saturated carbocycles. The zero-order valence-corrected chi connectivity index (χ0v) is 14.4. The number of ether oxygens (including phenoxy) is 1. The summed E-state index contributed by atoms with van der Waals surface area (Å²) in [4.78, 5) is 23.0. The molecule has 0 aliphatic carbocycles. The molecule has 8 heteroatoms. The molecule has 1 heterocycles. The number of nitrogens with one attached hydrogen (secondary N) is 1. The van der Waals surface area contributed by atoms with Crippen molar-refractivity contribution in [3.63, 3.8) is 0 Å². The summed E-state index contributed by atoms with van der Waals surface area (Å²) in [6, 6.07) is 6.25. The average Bonchev–Trinajstić information content (AvgIpc) is 2.90. The normalized spacial score (nSPS) is 11.8. The van der Waals surface area contributed by atoms with Crippen LogP contribution in [0, 0.1) is 6.92 Å². The van der Waals surface area contributed by atoms with E-state index in [1.165, 1.54) is 6.07 Å². The van der Waals surface area contributed by atoms with Crippen LogP contribution in [0.3, 0.4) is 0 Å². The molecular formula is C16H15Cl2NO5. The second kappa shape index (κ2) is 7.59. The van der Waals surface area contributed by atoms with Gasteiger partial charge in [-0.3, -0.25) is 4.79 Å². The van der Waals surface area contributed by atoms with Gasteiger partial charge in [0.2, 0.25) is 0 Å². The molecule has 0 bridgehead atoms. The number of carbonyl (C=O) groups excluding carboxylic acids is 1. The topological polar surface area (TPSA) is 88.8 Å². The van der Waals surface area contributed by atoms with Gasteiger partial charge in [-0.05, 0) is 32.0 Å². The van der Waals surface area contributed by atoms with E-state index in [2.05, 4.69) is 5.32 Å². The second-order valence-corrected chi connectivity index (χ2v) is 5.80. The van der Waals surface area contributed by atoms with Crippen molar-refractivity contribution in [2.75, 3.05) is 0 Å². The van der Waals surface area contributed by atoms with Crippen LogP contribution in [0.1, 0.15) is 28.8 Å². The van der Waals surface area contributed by atoms with Gasteiger partial charge in [0.1, 0.15) is 27.9 Å². The Kier molecular flexibility index (Phi) is 5.75. The van der Waals surface area contributed by atoms with E-state index in [1.54, 1.807) is 32.0 Å². The minimum absolute atomic E-state index is 0.0456. The number of halogens is 2. The number of aromatic carboxylic acids is 1. The predicted molar refractivity (Wildman–Crippen MR) is 88.8 cm³/mol. The van der Waals surface area contributed by atoms with E-state index in [-0.39, 0.29) is 22.9 Å². The Morgan fingerprint density at radius 1 is 1.38 bits per heavy atom. The zero-order valence-electron chi connectivity index (χ0n) is 12.9. The number of carbonyl (C=O) groups is 2. The molecule has 0 aliphatic heterocycles. The fourth-order valence-electron chi connectivity index (χ4n) is 1.98. The lowest BCUT2D eigenvalue weighted by Crippen LogP contribution is -2.35. The quantitative estimate of drug-likeness (QED) is 0.808. The van der Waals surface area contributed by atoms with E-state index in [0.717, 1.165) is 0 Å². The number of rotatable bonds is 6. The highest BCUT2D eigenvalue weighted by Crippen LogP contribution is 2.32. The number of hydrogen-bond donors (Lipinski definition) is 2. The van der Waals surface area contributed by atoms with Gasteiger partial charge in [0.15, 0.2) is 6.10 Å². The number of carboxylic acids is 1. The summed E-state index contributed by atoms with van der Waals surface area (Å²) in [5.74, 6) is -0.570. The van der Waals surface area contributed by atoms with E-state index in [4.69, 9.17) is 37.5 Å². The van der Waals surface area contributed by atoms with Crippen LogP contribution in [-0.2, 0) is 11.3 Å². The number of carboxylic acid groups (broad SMARTS) is 1. The minimum Gasteiger partial charge on any atom is -0.479 e. The Hall–Kier alpha value is -2.18. The third-order valence-corrected chi connectivity index (χ3v) is 4.03. The van der Waals surface area contributed by atoms with Gasteiger partial charge < -0.3 is 19.6 Å². The van der Waals surface area contributed by atoms with Crippen molar-refractivity contribution >= 4 is 35.1 Å². The summed E-state index contributed by atoms with van der Waals surface area (Å²) in [5.41, 5.74) is 0.0641. The predicted octanol–water partition coefficient (Wildman–Crippen LogP) is 3.68. The average molecular weight is 372 g/mol. The molecule has 2 N–H and O–H groups in total. The van der Waals surface area contributed by atoms with Crippen LogP contribution in [0.5, 0.6) is 5.75 Å². The van der Waals surface area contributed by atoms with Crippen molar-refractivity contribution in [1.82, 2.24) is 5.32 Å². The maximum absolute atomic E-state index is 12.1. The first-order chi connectivity index (χ1) is 11.3. The number of amides is 1. The Labute approximate surface area is 148 Å². The molecule has 24 heavy (non-hydrogen) atoms. The van der Waals surface area contributed by atoms with Crippen LogP contribution in [0.25, 0.3) is 0 Å². The first kappa shape index (κ1) is 18.2. The molecule has 2 aromatic rings. The van der Waals surface area contributed by atoms with Gasteiger partial charge in [0.25, 0.3) is 5.91 Å². The van der Waals surface area contributed by atoms with Gasteiger partial charge in [0, 0.05) is 0 Å². The highest BCUT2D eigenvalue weighted by molar-refractivity contribution is 6.42. The molecule has 2 rings (SSSR count). The lowest BCUT2D eigenvalue weighted by Gasteiger charge is -2.15. The van der Waals surface area contributed by atoms with Gasteiger partial charge in [-0.2, -0.15) is 0 Å². The molecule has 0 aliphatic rings. The van der Waals surface area contributed by atoms with Crippen LogP contribution < -0.4 is 10.1 Å². The second-order valence-electron chi connectivity index (χ2n) is 5.02. The molecule has 1 amide bonds. The zero-order chi connectivity index (χ0) is 17.9. The fraction of sp³-hybridized carbons (Fsp3) is 0.250. The molecule has 1 unspecified atom stereocenters. The number of benzene rings is 1. The highest BCUT2D eigenvalue weighted by atomic mass is 35.5. The van der Waals surface area contributed by atoms with Crippen LogP contribution in [0.15, 0.2) is 28.7 Å². The molecule has 0 radical (unpaired) electrons. The summed E-state index contributed by atoms with van der Waals surface area (Å²) in [6.07, 6.45) is -0.823.